The highest BCUT2D eigenvalue weighted by atomic mass is 32.1. The van der Waals surface area contributed by atoms with Crippen LogP contribution in [0.1, 0.15) is 5.56 Å². The van der Waals surface area contributed by atoms with Crippen LogP contribution in [-0.4, -0.2) is 42.0 Å². The highest BCUT2D eigenvalue weighted by Crippen LogP contribution is 2.31. The lowest BCUT2D eigenvalue weighted by Gasteiger charge is -2.34. The number of halogens is 2. The first kappa shape index (κ1) is 18.9. The van der Waals surface area contributed by atoms with Gasteiger partial charge in [-0.1, -0.05) is 53.8 Å². The predicted octanol–water partition coefficient (Wildman–Crippen LogP) is 4.62. The van der Waals surface area contributed by atoms with E-state index in [9.17, 15) is 13.6 Å². The van der Waals surface area contributed by atoms with Crippen LogP contribution in [0.15, 0.2) is 54.6 Å². The second-order valence-electron chi connectivity index (χ2n) is 7.41. The van der Waals surface area contributed by atoms with Gasteiger partial charge < -0.3 is 9.80 Å². The molecule has 0 radical (unpaired) electrons. The maximum absolute atomic E-state index is 13.9. The number of anilines is 1. The molecule has 1 aliphatic rings. The number of nitrogens with zero attached hydrogens (tertiary/aromatic N) is 3. The van der Waals surface area contributed by atoms with Crippen molar-refractivity contribution < 1.29 is 13.6 Å². The first-order chi connectivity index (χ1) is 14.6. The third-order valence-corrected chi connectivity index (χ3v) is 6.59. The second kappa shape index (κ2) is 7.65. The van der Waals surface area contributed by atoms with E-state index in [1.54, 1.807) is 0 Å². The lowest BCUT2D eigenvalue weighted by atomic mass is 10.0. The van der Waals surface area contributed by atoms with Crippen molar-refractivity contribution in [1.82, 2.24) is 9.88 Å². The fourth-order valence-electron chi connectivity index (χ4n) is 3.95. The van der Waals surface area contributed by atoms with Crippen molar-refractivity contribution in [2.24, 2.45) is 0 Å². The predicted molar refractivity (Wildman–Crippen MR) is 116 cm³/mol. The summed E-state index contributed by atoms with van der Waals surface area (Å²) >= 11 is 1.28. The molecular formula is C23H19F2N3OS. The minimum absolute atomic E-state index is 0.100. The first-order valence-corrected chi connectivity index (χ1v) is 10.6. The van der Waals surface area contributed by atoms with E-state index in [1.165, 1.54) is 17.4 Å². The zero-order valence-electron chi connectivity index (χ0n) is 16.1. The van der Waals surface area contributed by atoms with Gasteiger partial charge >= 0.3 is 0 Å². The number of carbonyl (C=O) groups is 1. The largest absolute Gasteiger partial charge is 0.345 e. The summed E-state index contributed by atoms with van der Waals surface area (Å²) < 4.78 is 27.9. The summed E-state index contributed by atoms with van der Waals surface area (Å²) in [4.78, 5) is 21.1. The van der Waals surface area contributed by atoms with Gasteiger partial charge in [0, 0.05) is 32.2 Å². The third kappa shape index (κ3) is 3.50. The van der Waals surface area contributed by atoms with E-state index in [2.05, 4.69) is 17.1 Å². The number of aromatic nitrogens is 1. The van der Waals surface area contributed by atoms with Gasteiger partial charge in [-0.2, -0.15) is 0 Å². The SMILES string of the molecule is O=C(Cc1cccc2ccccc12)N1CCN(c2nc3c(F)cc(F)cc3s2)CC1. The molecule has 3 aromatic carbocycles. The van der Waals surface area contributed by atoms with Crippen LogP contribution in [-0.2, 0) is 11.2 Å². The Morgan fingerprint density at radius 3 is 2.60 bits per heavy atom. The molecule has 0 unspecified atom stereocenters. The van der Waals surface area contributed by atoms with E-state index in [-0.39, 0.29) is 11.4 Å². The number of fused-ring (bicyclic) bond motifs is 2. The van der Waals surface area contributed by atoms with Crippen LogP contribution >= 0.6 is 11.3 Å². The smallest absolute Gasteiger partial charge is 0.227 e. The fourth-order valence-corrected chi connectivity index (χ4v) is 5.01. The highest BCUT2D eigenvalue weighted by molar-refractivity contribution is 7.22. The maximum Gasteiger partial charge on any atom is 0.227 e. The lowest BCUT2D eigenvalue weighted by molar-refractivity contribution is -0.130. The molecule has 1 aromatic heterocycles. The van der Waals surface area contributed by atoms with Gasteiger partial charge in [-0.15, -0.1) is 0 Å². The van der Waals surface area contributed by atoms with Crippen molar-refractivity contribution in [3.05, 3.63) is 71.8 Å². The van der Waals surface area contributed by atoms with Gasteiger partial charge in [0.1, 0.15) is 11.3 Å². The van der Waals surface area contributed by atoms with Gasteiger partial charge in [0.15, 0.2) is 10.9 Å². The molecule has 1 saturated heterocycles. The fraction of sp³-hybridized carbons (Fsp3) is 0.217. The first-order valence-electron chi connectivity index (χ1n) is 9.83. The van der Waals surface area contributed by atoms with Gasteiger partial charge in [-0.25, -0.2) is 13.8 Å². The summed E-state index contributed by atoms with van der Waals surface area (Å²) in [6, 6.07) is 16.3. The zero-order valence-corrected chi connectivity index (χ0v) is 17.0. The molecule has 0 bridgehead atoms. The van der Waals surface area contributed by atoms with Crippen LogP contribution < -0.4 is 4.90 Å². The van der Waals surface area contributed by atoms with E-state index in [1.807, 2.05) is 40.1 Å². The molecule has 1 amide bonds. The van der Waals surface area contributed by atoms with E-state index >= 15 is 0 Å². The van der Waals surface area contributed by atoms with Crippen molar-refractivity contribution in [1.29, 1.82) is 0 Å². The molecule has 4 nitrogen and oxygen atoms in total. The van der Waals surface area contributed by atoms with Gasteiger partial charge in [-0.3, -0.25) is 4.79 Å². The summed E-state index contributed by atoms with van der Waals surface area (Å²) in [7, 11) is 0. The Labute approximate surface area is 176 Å². The third-order valence-electron chi connectivity index (χ3n) is 5.53. The number of carbonyl (C=O) groups excluding carboxylic acids is 1. The van der Waals surface area contributed by atoms with Crippen LogP contribution in [0.5, 0.6) is 0 Å². The maximum atomic E-state index is 13.9. The number of benzene rings is 3. The average Bonchev–Trinajstić information content (AvgIpc) is 3.18. The van der Waals surface area contributed by atoms with Gasteiger partial charge in [-0.05, 0) is 22.4 Å². The number of rotatable bonds is 3. The van der Waals surface area contributed by atoms with Gasteiger partial charge in [0.25, 0.3) is 0 Å². The van der Waals surface area contributed by atoms with Crippen molar-refractivity contribution >= 4 is 43.4 Å². The Morgan fingerprint density at radius 1 is 1.00 bits per heavy atom. The molecule has 0 atom stereocenters. The molecule has 4 aromatic rings. The number of amides is 1. The minimum Gasteiger partial charge on any atom is -0.345 e. The number of piperazine rings is 1. The molecule has 0 saturated carbocycles. The molecule has 1 fully saturated rings. The summed E-state index contributed by atoms with van der Waals surface area (Å²) in [5.41, 5.74) is 1.23. The normalized spacial score (nSPS) is 14.6. The molecule has 0 aliphatic carbocycles. The number of thiazole rings is 1. The zero-order chi connectivity index (χ0) is 20.7. The lowest BCUT2D eigenvalue weighted by Crippen LogP contribution is -2.49. The standard InChI is InChI=1S/C23H19F2N3OS/c24-17-13-19(25)22-20(14-17)30-23(26-22)28-10-8-27(9-11-28)21(29)12-16-6-3-5-15-4-1-2-7-18(15)16/h1-7,13-14H,8-12H2. The van der Waals surface area contributed by atoms with Crippen molar-refractivity contribution in [2.75, 3.05) is 31.1 Å². The summed E-state index contributed by atoms with van der Waals surface area (Å²) in [5.74, 6) is -1.14. The molecule has 5 rings (SSSR count). The summed E-state index contributed by atoms with van der Waals surface area (Å²) in [6.07, 6.45) is 0.368. The highest BCUT2D eigenvalue weighted by Gasteiger charge is 2.24. The van der Waals surface area contributed by atoms with Crippen molar-refractivity contribution in [3.8, 4) is 0 Å². The average molecular weight is 423 g/mol. The Hall–Kier alpha value is -3.06. The van der Waals surface area contributed by atoms with Crippen molar-refractivity contribution in [3.63, 3.8) is 0 Å². The number of hydrogen-bond acceptors (Lipinski definition) is 4. The molecule has 0 spiro atoms. The summed E-state index contributed by atoms with van der Waals surface area (Å²) in [5, 5.41) is 2.90. The van der Waals surface area contributed by atoms with Crippen molar-refractivity contribution in [2.45, 2.75) is 6.42 Å². The molecule has 0 N–H and O–H groups in total. The summed E-state index contributed by atoms with van der Waals surface area (Å²) in [6.45, 7) is 2.39. The van der Waals surface area contributed by atoms with Crippen LogP contribution in [0.3, 0.4) is 0 Å². The molecule has 1 aliphatic heterocycles. The minimum atomic E-state index is -0.642. The van der Waals surface area contributed by atoms with Gasteiger partial charge in [0.05, 0.1) is 11.1 Å². The quantitative estimate of drug-likeness (QED) is 0.483. The van der Waals surface area contributed by atoms with Gasteiger partial charge in [0.2, 0.25) is 5.91 Å². The molecule has 152 valence electrons. The Morgan fingerprint density at radius 2 is 1.77 bits per heavy atom. The van der Waals surface area contributed by atoms with Crippen LogP contribution in [0, 0.1) is 11.6 Å². The van der Waals surface area contributed by atoms with Crippen LogP contribution in [0.4, 0.5) is 13.9 Å². The molecular weight excluding hydrogens is 404 g/mol. The molecule has 7 heteroatoms. The van der Waals surface area contributed by atoms with E-state index in [4.69, 9.17) is 0 Å². The number of hydrogen-bond donors (Lipinski definition) is 0. The van der Waals surface area contributed by atoms with E-state index < -0.39 is 11.6 Å². The van der Waals surface area contributed by atoms with Crippen LogP contribution in [0.25, 0.3) is 21.0 Å². The van der Waals surface area contributed by atoms with Crippen LogP contribution in [0.2, 0.25) is 0 Å². The Balaban J connectivity index is 1.28. The second-order valence-corrected chi connectivity index (χ2v) is 8.42. The van der Waals surface area contributed by atoms with E-state index in [0.29, 0.717) is 42.4 Å². The van der Waals surface area contributed by atoms with E-state index in [0.717, 1.165) is 22.4 Å². The topological polar surface area (TPSA) is 36.4 Å². The Bertz CT molecular complexity index is 1240. The monoisotopic (exact) mass is 423 g/mol. The Kier molecular flexibility index (Phi) is 4.83. The molecule has 30 heavy (non-hydrogen) atoms. The molecule has 2 heterocycles.